The van der Waals surface area contributed by atoms with Crippen LogP contribution in [0.5, 0.6) is 0 Å². The van der Waals surface area contributed by atoms with Crippen LogP contribution in [0, 0.1) is 22.7 Å². The number of ketones is 1. The number of nitrogens with zero attached hydrogens (tertiary/aromatic N) is 1. The van der Waals surface area contributed by atoms with Crippen LogP contribution in [0.15, 0.2) is 0 Å². The van der Waals surface area contributed by atoms with Crippen LogP contribution in [0.4, 0.5) is 9.59 Å². The van der Waals surface area contributed by atoms with E-state index in [0.717, 1.165) is 12.8 Å². The zero-order chi connectivity index (χ0) is 32.0. The van der Waals surface area contributed by atoms with E-state index in [0.29, 0.717) is 19.4 Å². The summed E-state index contributed by atoms with van der Waals surface area (Å²) in [6.45, 7) is 15.4. The molecule has 2 rings (SSSR count). The Labute approximate surface area is 248 Å². The van der Waals surface area contributed by atoms with Crippen molar-refractivity contribution in [1.82, 2.24) is 26.2 Å². The molecule has 5 atom stereocenters. The van der Waals surface area contributed by atoms with Gasteiger partial charge in [-0.2, -0.15) is 0 Å². The van der Waals surface area contributed by atoms with Gasteiger partial charge < -0.3 is 36.6 Å². The summed E-state index contributed by atoms with van der Waals surface area (Å²) in [6, 6.07) is -4.09. The van der Waals surface area contributed by atoms with Gasteiger partial charge in [-0.15, -0.1) is 0 Å². The predicted molar refractivity (Wildman–Crippen MR) is 156 cm³/mol. The summed E-state index contributed by atoms with van der Waals surface area (Å²) in [7, 11) is 0. The molecule has 1 heterocycles. The third-order valence-electron chi connectivity index (χ3n) is 7.68. The minimum absolute atomic E-state index is 0.00967. The number of carbonyl (C=O) groups is 6. The molecule has 6 amide bonds. The maximum absolute atomic E-state index is 14.0. The number of hydrogen-bond acceptors (Lipinski definition) is 7. The monoisotopic (exact) mass is 594 g/mol. The van der Waals surface area contributed by atoms with E-state index in [2.05, 4.69) is 21.3 Å². The molecule has 0 bridgehead atoms. The normalized spacial score (nSPS) is 21.0. The van der Waals surface area contributed by atoms with Crippen LogP contribution in [-0.2, 0) is 23.9 Å². The molecule has 3 unspecified atom stereocenters. The first kappa shape index (κ1) is 34.8. The average Bonchev–Trinajstić information content (AvgIpc) is 3.60. The summed E-state index contributed by atoms with van der Waals surface area (Å²) in [5.41, 5.74) is 4.02. The molecular weight excluding hydrogens is 544 g/mol. The Morgan fingerprint density at radius 3 is 2.07 bits per heavy atom. The van der Waals surface area contributed by atoms with Crippen LogP contribution >= 0.6 is 0 Å². The van der Waals surface area contributed by atoms with Crippen LogP contribution in [0.1, 0.15) is 81.1 Å². The van der Waals surface area contributed by atoms with Gasteiger partial charge in [-0.05, 0) is 42.4 Å². The Bertz CT molecular complexity index is 1030. The topological polar surface area (TPSA) is 189 Å². The number of likely N-dealkylation sites (tertiary alicyclic amines) is 1. The molecule has 0 aromatic rings. The van der Waals surface area contributed by atoms with E-state index in [1.165, 1.54) is 4.90 Å². The number of nitrogens with two attached hydrogens (primary N) is 1. The summed E-state index contributed by atoms with van der Waals surface area (Å²) >= 11 is 0. The van der Waals surface area contributed by atoms with Gasteiger partial charge in [-0.25, -0.2) is 9.59 Å². The lowest BCUT2D eigenvalue weighted by molar-refractivity contribution is -0.143. The smallest absolute Gasteiger partial charge is 0.407 e. The third kappa shape index (κ3) is 10.2. The van der Waals surface area contributed by atoms with Crippen molar-refractivity contribution in [3.05, 3.63) is 0 Å². The lowest BCUT2D eigenvalue weighted by Crippen LogP contribution is -2.61. The average molecular weight is 595 g/mol. The molecule has 0 aromatic heterocycles. The highest BCUT2D eigenvalue weighted by molar-refractivity contribution is 6.37. The molecule has 1 saturated carbocycles. The number of urea groups is 1. The maximum atomic E-state index is 14.0. The van der Waals surface area contributed by atoms with Gasteiger partial charge in [-0.3, -0.25) is 19.2 Å². The first-order valence-electron chi connectivity index (χ1n) is 14.8. The molecule has 0 spiro atoms. The predicted octanol–water partition coefficient (Wildman–Crippen LogP) is 1.44. The molecule has 238 valence electrons. The number of nitrogens with one attached hydrogen (secondary N) is 4. The zero-order valence-electron chi connectivity index (χ0n) is 26.3. The molecule has 2 fully saturated rings. The van der Waals surface area contributed by atoms with Crippen LogP contribution in [-0.4, -0.2) is 84.4 Å². The lowest BCUT2D eigenvalue weighted by atomic mass is 9.85. The largest absolute Gasteiger partial charge is 0.447 e. The number of alkyl carbamates (subject to hydrolysis) is 1. The molecule has 13 heteroatoms. The molecule has 13 nitrogen and oxygen atoms in total. The standard InChI is InChI=1S/C29H50N6O7/c1-9-31-27(41)42-15-20(28(3,4)5)33-26(40)34-22(29(6,7)8)25(39)35-14-16(2)12-19(35)24(38)32-18(13-17-10-11-17)21(36)23(30)37/h16-20,22H,9-15H2,1-8H3,(H2,30,37)(H,31,41)(H,32,38)(H2,33,34,40)/t16-,18?,19?,20-,22?/m1/s1. The van der Waals surface area contributed by atoms with E-state index in [4.69, 9.17) is 10.5 Å². The minimum atomic E-state index is -1.11. The second-order valence-electron chi connectivity index (χ2n) is 13.8. The fraction of sp³-hybridized carbons (Fsp3) is 0.793. The van der Waals surface area contributed by atoms with Crippen molar-refractivity contribution in [1.29, 1.82) is 0 Å². The number of amides is 6. The molecule has 0 radical (unpaired) electrons. The molecule has 1 aliphatic heterocycles. The minimum Gasteiger partial charge on any atom is -0.447 e. The quantitative estimate of drug-likeness (QED) is 0.211. The van der Waals surface area contributed by atoms with Crippen molar-refractivity contribution in [3.8, 4) is 0 Å². The number of carbonyl (C=O) groups excluding carboxylic acids is 6. The molecule has 6 N–H and O–H groups in total. The molecule has 1 aliphatic carbocycles. The second kappa shape index (κ2) is 14.2. The SMILES string of the molecule is CCNC(=O)OC[C@@H](NC(=O)NC(C(=O)N1C[C@H](C)CC1C(=O)NC(CC1CC1)C(=O)C(N)=O)C(C)(C)C)C(C)(C)C. The van der Waals surface area contributed by atoms with E-state index >= 15 is 0 Å². The molecule has 0 aromatic carbocycles. The van der Waals surface area contributed by atoms with E-state index < -0.39 is 70.6 Å². The highest BCUT2D eigenvalue weighted by atomic mass is 16.5. The van der Waals surface area contributed by atoms with E-state index in [1.54, 1.807) is 27.7 Å². The van der Waals surface area contributed by atoms with Gasteiger partial charge >= 0.3 is 12.1 Å². The van der Waals surface area contributed by atoms with Gasteiger partial charge in [0.25, 0.3) is 5.91 Å². The summed E-state index contributed by atoms with van der Waals surface area (Å²) in [5.74, 6) is -2.69. The van der Waals surface area contributed by atoms with Crippen molar-refractivity contribution < 1.29 is 33.5 Å². The van der Waals surface area contributed by atoms with Crippen LogP contribution in [0.2, 0.25) is 0 Å². The van der Waals surface area contributed by atoms with Crippen LogP contribution < -0.4 is 27.0 Å². The highest BCUT2D eigenvalue weighted by Gasteiger charge is 2.45. The maximum Gasteiger partial charge on any atom is 0.407 e. The van der Waals surface area contributed by atoms with Gasteiger partial charge in [-0.1, -0.05) is 61.3 Å². The van der Waals surface area contributed by atoms with Gasteiger partial charge in [0, 0.05) is 13.1 Å². The van der Waals surface area contributed by atoms with Gasteiger partial charge in [0.1, 0.15) is 18.7 Å². The Balaban J connectivity index is 2.19. The van der Waals surface area contributed by atoms with Gasteiger partial charge in [0.05, 0.1) is 12.1 Å². The summed E-state index contributed by atoms with van der Waals surface area (Å²) in [4.78, 5) is 77.9. The summed E-state index contributed by atoms with van der Waals surface area (Å²) in [6.07, 6.45) is 1.93. The first-order chi connectivity index (χ1) is 19.3. The summed E-state index contributed by atoms with van der Waals surface area (Å²) < 4.78 is 5.25. The fourth-order valence-corrected chi connectivity index (χ4v) is 4.90. The molecular formula is C29H50N6O7. The van der Waals surface area contributed by atoms with Crippen molar-refractivity contribution in [3.63, 3.8) is 0 Å². The van der Waals surface area contributed by atoms with Crippen molar-refractivity contribution in [2.24, 2.45) is 28.4 Å². The van der Waals surface area contributed by atoms with Crippen molar-refractivity contribution >= 4 is 35.6 Å². The Morgan fingerprint density at radius 1 is 0.952 bits per heavy atom. The second-order valence-corrected chi connectivity index (χ2v) is 13.8. The zero-order valence-corrected chi connectivity index (χ0v) is 26.3. The molecule has 42 heavy (non-hydrogen) atoms. The Kier molecular flexibility index (Phi) is 11.8. The fourth-order valence-electron chi connectivity index (χ4n) is 4.90. The lowest BCUT2D eigenvalue weighted by Gasteiger charge is -2.37. The summed E-state index contributed by atoms with van der Waals surface area (Å²) in [5, 5.41) is 10.8. The van der Waals surface area contributed by atoms with Gasteiger partial charge in [0.15, 0.2) is 0 Å². The highest BCUT2D eigenvalue weighted by Crippen LogP contribution is 2.34. The molecule has 1 saturated heterocycles. The number of Topliss-reactive ketones (excluding diaryl/α,β-unsaturated/α-hetero) is 1. The Morgan fingerprint density at radius 2 is 1.57 bits per heavy atom. The number of hydrogen-bond donors (Lipinski definition) is 5. The number of primary amides is 1. The van der Waals surface area contributed by atoms with Crippen LogP contribution in [0.3, 0.4) is 0 Å². The third-order valence-corrected chi connectivity index (χ3v) is 7.68. The van der Waals surface area contributed by atoms with Crippen LogP contribution in [0.25, 0.3) is 0 Å². The van der Waals surface area contributed by atoms with E-state index in [-0.39, 0.29) is 25.0 Å². The van der Waals surface area contributed by atoms with Gasteiger partial charge in [0.2, 0.25) is 17.6 Å². The Hall–Kier alpha value is -3.38. The number of rotatable bonds is 12. The van der Waals surface area contributed by atoms with E-state index in [9.17, 15) is 28.8 Å². The first-order valence-corrected chi connectivity index (χ1v) is 14.8. The molecule has 2 aliphatic rings. The van der Waals surface area contributed by atoms with Crippen molar-refractivity contribution in [2.45, 2.75) is 105 Å². The van der Waals surface area contributed by atoms with E-state index in [1.807, 2.05) is 27.7 Å². The number of ether oxygens (including phenoxy) is 1. The van der Waals surface area contributed by atoms with Crippen molar-refractivity contribution in [2.75, 3.05) is 19.7 Å².